The zero-order valence-electron chi connectivity index (χ0n) is 24.0. The molecule has 4 atom stereocenters. The summed E-state index contributed by atoms with van der Waals surface area (Å²) in [6, 6.07) is 20.5. The van der Waals surface area contributed by atoms with E-state index in [0.29, 0.717) is 29.4 Å². The molecule has 0 saturated carbocycles. The summed E-state index contributed by atoms with van der Waals surface area (Å²) in [5.41, 5.74) is 3.24. The molecule has 0 aliphatic carbocycles. The van der Waals surface area contributed by atoms with Crippen molar-refractivity contribution in [2.24, 2.45) is 5.92 Å². The number of anilines is 1. The Bertz CT molecular complexity index is 1320. The van der Waals surface area contributed by atoms with Gasteiger partial charge >= 0.3 is 0 Å². The summed E-state index contributed by atoms with van der Waals surface area (Å²) in [6.45, 7) is 4.16. The predicted octanol–water partition coefficient (Wildman–Crippen LogP) is 5.03. The number of carbonyl (C=O) groups is 2. The molecule has 1 aromatic heterocycles. The van der Waals surface area contributed by atoms with Crippen LogP contribution in [-0.4, -0.2) is 35.3 Å². The number of hydrogen-bond donors (Lipinski definition) is 3. The van der Waals surface area contributed by atoms with Crippen molar-refractivity contribution in [2.75, 3.05) is 17.6 Å². The van der Waals surface area contributed by atoms with Crippen LogP contribution in [0.25, 0.3) is 0 Å². The fourth-order valence-corrected chi connectivity index (χ4v) is 5.92. The van der Waals surface area contributed by atoms with E-state index < -0.39 is 6.29 Å². The van der Waals surface area contributed by atoms with Gasteiger partial charge in [-0.05, 0) is 42.2 Å². The molecular formula is C32H39N3O6S. The summed E-state index contributed by atoms with van der Waals surface area (Å²) in [4.78, 5) is 23.5. The van der Waals surface area contributed by atoms with Gasteiger partial charge in [0.05, 0.1) is 18.8 Å². The quantitative estimate of drug-likeness (QED) is 0.110. The molecule has 2 aromatic carbocycles. The van der Waals surface area contributed by atoms with Crippen LogP contribution in [0.5, 0.6) is 0 Å². The van der Waals surface area contributed by atoms with Crippen LogP contribution in [0.2, 0.25) is 0 Å². The molecule has 0 radical (unpaired) electrons. The van der Waals surface area contributed by atoms with E-state index in [1.165, 1.54) is 24.9 Å². The van der Waals surface area contributed by atoms with Gasteiger partial charge in [0.1, 0.15) is 0 Å². The molecule has 9 nitrogen and oxygen atoms in total. The SMILES string of the molecule is CC(=O)NCCCCCC(=O)Nc1cccc([C@H]2O[C@@H](CSc3cccc[n+]3[O-])[C@@H](C)[C@@H](c3ccc(CO)cc3)O2)c1. The van der Waals surface area contributed by atoms with Crippen LogP contribution in [-0.2, 0) is 25.7 Å². The van der Waals surface area contributed by atoms with E-state index in [2.05, 4.69) is 17.6 Å². The van der Waals surface area contributed by atoms with Crippen molar-refractivity contribution in [3.8, 4) is 0 Å². The minimum absolute atomic E-state index is 0.0222. The molecule has 1 fully saturated rings. The number of rotatable bonds is 13. The van der Waals surface area contributed by atoms with Crippen molar-refractivity contribution in [3.05, 3.63) is 94.8 Å². The van der Waals surface area contributed by atoms with E-state index in [1.54, 1.807) is 12.1 Å². The van der Waals surface area contributed by atoms with Crippen molar-refractivity contribution in [1.29, 1.82) is 0 Å². The number of unbranched alkanes of at least 4 members (excludes halogenated alkanes) is 2. The zero-order valence-corrected chi connectivity index (χ0v) is 24.8. The second-order valence-corrected chi connectivity index (χ2v) is 11.5. The molecule has 1 aliphatic rings. The first-order valence-corrected chi connectivity index (χ1v) is 15.3. The fraction of sp³-hybridized carbons (Fsp3) is 0.406. The number of thioether (sulfide) groups is 1. The molecule has 0 unspecified atom stereocenters. The highest BCUT2D eigenvalue weighted by molar-refractivity contribution is 7.99. The topological polar surface area (TPSA) is 124 Å². The average Bonchev–Trinajstić information content (AvgIpc) is 2.99. The average molecular weight is 594 g/mol. The number of amides is 2. The second kappa shape index (κ2) is 15.7. The highest BCUT2D eigenvalue weighted by Crippen LogP contribution is 2.43. The molecule has 0 spiro atoms. The Morgan fingerprint density at radius 1 is 1.00 bits per heavy atom. The van der Waals surface area contributed by atoms with Crippen LogP contribution in [0.3, 0.4) is 0 Å². The van der Waals surface area contributed by atoms with Crippen molar-refractivity contribution in [2.45, 2.75) is 69.7 Å². The van der Waals surface area contributed by atoms with Crippen LogP contribution >= 0.6 is 11.8 Å². The van der Waals surface area contributed by atoms with E-state index in [4.69, 9.17) is 9.47 Å². The molecule has 3 aromatic rings. The van der Waals surface area contributed by atoms with Gasteiger partial charge in [-0.3, -0.25) is 9.59 Å². The van der Waals surface area contributed by atoms with E-state index in [9.17, 15) is 19.9 Å². The van der Waals surface area contributed by atoms with Gasteiger partial charge < -0.3 is 30.4 Å². The minimum Gasteiger partial charge on any atom is -0.618 e. The Labute approximate surface area is 251 Å². The Morgan fingerprint density at radius 2 is 1.81 bits per heavy atom. The first-order chi connectivity index (χ1) is 20.3. The van der Waals surface area contributed by atoms with Gasteiger partial charge in [-0.15, -0.1) is 0 Å². The molecule has 1 aliphatic heterocycles. The normalized spacial score (nSPS) is 20.2. The van der Waals surface area contributed by atoms with Crippen LogP contribution in [0, 0.1) is 11.1 Å². The molecule has 2 amide bonds. The fourth-order valence-electron chi connectivity index (χ4n) is 4.84. The number of hydrogen-bond acceptors (Lipinski definition) is 7. The molecular weight excluding hydrogens is 554 g/mol. The van der Waals surface area contributed by atoms with Crippen molar-refractivity contribution in [3.63, 3.8) is 0 Å². The van der Waals surface area contributed by atoms with Crippen LogP contribution < -0.4 is 15.4 Å². The third kappa shape index (κ3) is 9.03. The molecule has 0 bridgehead atoms. The van der Waals surface area contributed by atoms with Crippen molar-refractivity contribution >= 4 is 29.3 Å². The number of benzene rings is 2. The maximum absolute atomic E-state index is 12.6. The lowest BCUT2D eigenvalue weighted by Crippen LogP contribution is -2.39. The summed E-state index contributed by atoms with van der Waals surface area (Å²) in [5, 5.41) is 28.1. The number of aliphatic hydroxyl groups excluding tert-OH is 1. The molecule has 4 rings (SSSR count). The molecule has 3 N–H and O–H groups in total. The smallest absolute Gasteiger partial charge is 0.251 e. The van der Waals surface area contributed by atoms with Gasteiger partial charge in [0, 0.05) is 54.9 Å². The van der Waals surface area contributed by atoms with Gasteiger partial charge in [-0.25, -0.2) is 0 Å². The standard InChI is InChI=1S/C32H39N3O6S/c1-22-28(21-42-30-12-5-7-18-35(30)39)40-32(41-31(22)25-15-13-24(20-36)14-16-25)26-9-8-10-27(19-26)34-29(38)11-4-3-6-17-33-23(2)37/h5,7-10,12-16,18-19,22,28,31-32,36H,3-4,6,11,17,20-21H2,1-2H3,(H,33,37)(H,34,38)/t22-,28+,31+,32+/m1/s1. The number of aliphatic hydroxyl groups is 1. The third-order valence-electron chi connectivity index (χ3n) is 7.20. The number of aromatic nitrogens is 1. The number of nitrogens with zero attached hydrogens (tertiary/aromatic N) is 1. The minimum atomic E-state index is -0.685. The highest BCUT2D eigenvalue weighted by Gasteiger charge is 2.38. The van der Waals surface area contributed by atoms with Crippen LogP contribution in [0.15, 0.2) is 78.0 Å². The molecule has 10 heteroatoms. The number of ether oxygens (including phenoxy) is 2. The maximum Gasteiger partial charge on any atom is 0.251 e. The molecule has 2 heterocycles. The zero-order chi connectivity index (χ0) is 29.9. The van der Waals surface area contributed by atoms with Crippen molar-refractivity contribution < 1.29 is 28.9 Å². The summed E-state index contributed by atoms with van der Waals surface area (Å²) in [6.07, 6.45) is 3.10. The lowest BCUT2D eigenvalue weighted by Gasteiger charge is -2.41. The Morgan fingerprint density at radius 3 is 2.55 bits per heavy atom. The third-order valence-corrected chi connectivity index (χ3v) is 8.31. The van der Waals surface area contributed by atoms with Crippen molar-refractivity contribution in [1.82, 2.24) is 5.32 Å². The summed E-state index contributed by atoms with van der Waals surface area (Å²) >= 11 is 1.44. The molecule has 42 heavy (non-hydrogen) atoms. The highest BCUT2D eigenvalue weighted by atomic mass is 32.2. The van der Waals surface area contributed by atoms with E-state index >= 15 is 0 Å². The van der Waals surface area contributed by atoms with E-state index in [0.717, 1.165) is 40.7 Å². The largest absolute Gasteiger partial charge is 0.618 e. The van der Waals surface area contributed by atoms with Crippen LogP contribution in [0.1, 0.15) is 68.6 Å². The van der Waals surface area contributed by atoms with Gasteiger partial charge in [0.15, 0.2) is 12.5 Å². The lowest BCUT2D eigenvalue weighted by molar-refractivity contribution is -0.645. The van der Waals surface area contributed by atoms with Crippen LogP contribution in [0.4, 0.5) is 5.69 Å². The number of nitrogens with one attached hydrogen (secondary N) is 2. The maximum atomic E-state index is 12.6. The predicted molar refractivity (Wildman–Crippen MR) is 161 cm³/mol. The van der Waals surface area contributed by atoms with Gasteiger partial charge in [-0.2, -0.15) is 4.73 Å². The first-order valence-electron chi connectivity index (χ1n) is 14.3. The van der Waals surface area contributed by atoms with Gasteiger partial charge in [0.25, 0.3) is 5.03 Å². The Balaban J connectivity index is 1.45. The summed E-state index contributed by atoms with van der Waals surface area (Å²) in [5.74, 6) is 0.411. The number of pyridine rings is 1. The van der Waals surface area contributed by atoms with E-state index in [1.807, 2.05) is 54.6 Å². The second-order valence-electron chi connectivity index (χ2n) is 10.5. The Kier molecular flexibility index (Phi) is 11.8. The molecule has 1 saturated heterocycles. The van der Waals surface area contributed by atoms with Gasteiger partial charge in [-0.1, -0.05) is 61.5 Å². The first kappa shape index (κ1) is 31.5. The molecule has 224 valence electrons. The summed E-state index contributed by atoms with van der Waals surface area (Å²) < 4.78 is 13.9. The lowest BCUT2D eigenvalue weighted by atomic mass is 9.91. The monoisotopic (exact) mass is 593 g/mol. The van der Waals surface area contributed by atoms with E-state index in [-0.39, 0.29) is 36.5 Å². The van der Waals surface area contributed by atoms with Gasteiger partial charge in [0.2, 0.25) is 11.8 Å². The summed E-state index contributed by atoms with van der Waals surface area (Å²) in [7, 11) is 0. The Hall–Kier alpha value is -3.44. The number of carbonyl (C=O) groups excluding carboxylic acids is 2.